The van der Waals surface area contributed by atoms with Crippen LogP contribution in [0.2, 0.25) is 5.02 Å². The first-order chi connectivity index (χ1) is 12.1. The van der Waals surface area contributed by atoms with Gasteiger partial charge in [-0.1, -0.05) is 17.7 Å². The highest BCUT2D eigenvalue weighted by Crippen LogP contribution is 2.31. The van der Waals surface area contributed by atoms with Crippen molar-refractivity contribution in [1.82, 2.24) is 9.78 Å². The van der Waals surface area contributed by atoms with Crippen molar-refractivity contribution in [2.24, 2.45) is 0 Å². The van der Waals surface area contributed by atoms with E-state index in [-0.39, 0.29) is 11.6 Å². The van der Waals surface area contributed by atoms with Crippen LogP contribution in [0.5, 0.6) is 5.75 Å². The minimum absolute atomic E-state index is 0.0847. The second-order valence-electron chi connectivity index (χ2n) is 5.31. The molecule has 3 rings (SSSR count). The Morgan fingerprint density at radius 1 is 1.27 bits per heavy atom. The van der Waals surface area contributed by atoms with E-state index in [9.17, 15) is 22.4 Å². The number of carboxylic acids is 1. The minimum Gasteiger partial charge on any atom is -0.478 e. The minimum atomic E-state index is -4.86. The Hall–Kier alpha value is -2.81. The monoisotopic (exact) mass is 388 g/mol. The van der Waals surface area contributed by atoms with Gasteiger partial charge in [0.1, 0.15) is 11.6 Å². The quantitative estimate of drug-likeness (QED) is 0.670. The van der Waals surface area contributed by atoms with E-state index in [2.05, 4.69) is 9.84 Å². The van der Waals surface area contributed by atoms with Gasteiger partial charge in [0.15, 0.2) is 0 Å². The van der Waals surface area contributed by atoms with Crippen LogP contribution in [0.25, 0.3) is 10.9 Å². The molecule has 0 spiro atoms. The van der Waals surface area contributed by atoms with Crippen molar-refractivity contribution in [2.75, 3.05) is 0 Å². The highest BCUT2D eigenvalue weighted by molar-refractivity contribution is 6.32. The molecule has 2 aromatic carbocycles. The summed E-state index contributed by atoms with van der Waals surface area (Å²) in [5.74, 6) is -2.85. The number of fused-ring (bicyclic) bond motifs is 1. The van der Waals surface area contributed by atoms with Gasteiger partial charge in [0.2, 0.25) is 0 Å². The number of nitrogens with zero attached hydrogens (tertiary/aromatic N) is 2. The van der Waals surface area contributed by atoms with Crippen molar-refractivity contribution in [2.45, 2.75) is 12.9 Å². The molecule has 0 aliphatic carbocycles. The summed E-state index contributed by atoms with van der Waals surface area (Å²) < 4.78 is 55.8. The molecular formula is C16H9ClF4N2O3. The van der Waals surface area contributed by atoms with Crippen LogP contribution in [0.1, 0.15) is 15.9 Å². The summed E-state index contributed by atoms with van der Waals surface area (Å²) in [6, 6.07) is 5.90. The molecule has 26 heavy (non-hydrogen) atoms. The summed E-state index contributed by atoms with van der Waals surface area (Å²) in [4.78, 5) is 11.0. The molecule has 0 unspecified atom stereocenters. The Morgan fingerprint density at radius 2 is 2.00 bits per heavy atom. The molecule has 0 atom stereocenters. The van der Waals surface area contributed by atoms with Gasteiger partial charge in [-0.25, -0.2) is 9.18 Å². The number of halogens is 5. The maximum absolute atomic E-state index is 13.9. The highest BCUT2D eigenvalue weighted by atomic mass is 35.5. The molecular weight excluding hydrogens is 380 g/mol. The lowest BCUT2D eigenvalue weighted by atomic mass is 10.1. The molecule has 0 amide bonds. The number of carboxylic acid groups (broad SMARTS) is 1. The van der Waals surface area contributed by atoms with Crippen LogP contribution in [0, 0.1) is 5.82 Å². The van der Waals surface area contributed by atoms with Gasteiger partial charge >= 0.3 is 12.3 Å². The lowest BCUT2D eigenvalue weighted by molar-refractivity contribution is -0.274. The standard InChI is InChI=1S/C16H9ClF4N2O3/c17-11-3-8(1-2-14(11)26-16(19,20)21)7-23-13-5-12(18)10(15(24)25)4-9(13)6-22-23/h1-6H,7H2,(H,24,25). The van der Waals surface area contributed by atoms with Crippen molar-refractivity contribution in [3.8, 4) is 5.75 Å². The smallest absolute Gasteiger partial charge is 0.478 e. The third kappa shape index (κ3) is 3.72. The normalized spacial score (nSPS) is 11.7. The predicted molar refractivity (Wildman–Crippen MR) is 83.9 cm³/mol. The molecule has 0 saturated heterocycles. The second-order valence-corrected chi connectivity index (χ2v) is 5.72. The zero-order valence-electron chi connectivity index (χ0n) is 12.7. The first kappa shape index (κ1) is 18.0. The average molecular weight is 389 g/mol. The fraction of sp³-hybridized carbons (Fsp3) is 0.125. The largest absolute Gasteiger partial charge is 0.573 e. The SMILES string of the molecule is O=C(O)c1cc2cnn(Cc3ccc(OC(F)(F)F)c(Cl)c3)c2cc1F. The summed E-state index contributed by atoms with van der Waals surface area (Å²) >= 11 is 5.79. The lowest BCUT2D eigenvalue weighted by Gasteiger charge is -2.11. The van der Waals surface area contributed by atoms with E-state index in [4.69, 9.17) is 16.7 Å². The Balaban J connectivity index is 1.91. The summed E-state index contributed by atoms with van der Waals surface area (Å²) in [6.45, 7) is 0.0847. The molecule has 1 heterocycles. The Labute approximate surface area is 148 Å². The number of hydrogen-bond acceptors (Lipinski definition) is 3. The van der Waals surface area contributed by atoms with Gasteiger partial charge in [0.25, 0.3) is 0 Å². The van der Waals surface area contributed by atoms with Gasteiger partial charge in [-0.3, -0.25) is 4.68 Å². The maximum atomic E-state index is 13.9. The number of aromatic carboxylic acids is 1. The van der Waals surface area contributed by atoms with Gasteiger partial charge in [-0.05, 0) is 23.8 Å². The second kappa shape index (κ2) is 6.49. The van der Waals surface area contributed by atoms with Gasteiger partial charge in [0, 0.05) is 11.5 Å². The molecule has 1 aromatic heterocycles. The van der Waals surface area contributed by atoms with Crippen LogP contribution in [0.4, 0.5) is 17.6 Å². The van der Waals surface area contributed by atoms with E-state index in [1.54, 1.807) is 0 Å². The first-order valence-electron chi connectivity index (χ1n) is 7.06. The van der Waals surface area contributed by atoms with Gasteiger partial charge < -0.3 is 9.84 Å². The number of carbonyl (C=O) groups is 1. The number of alkyl halides is 3. The lowest BCUT2D eigenvalue weighted by Crippen LogP contribution is -2.17. The predicted octanol–water partition coefficient (Wildman–Crippen LogP) is 4.47. The van der Waals surface area contributed by atoms with E-state index in [0.29, 0.717) is 16.5 Å². The fourth-order valence-electron chi connectivity index (χ4n) is 2.41. The molecule has 0 bridgehead atoms. The molecule has 1 N–H and O–H groups in total. The molecule has 5 nitrogen and oxygen atoms in total. The number of rotatable bonds is 4. The van der Waals surface area contributed by atoms with Gasteiger partial charge in [0.05, 0.1) is 28.8 Å². The van der Waals surface area contributed by atoms with Crippen LogP contribution in [-0.4, -0.2) is 27.2 Å². The highest BCUT2D eigenvalue weighted by Gasteiger charge is 2.32. The van der Waals surface area contributed by atoms with Crippen molar-refractivity contribution in [3.05, 3.63) is 58.5 Å². The average Bonchev–Trinajstić information content (AvgIpc) is 2.90. The van der Waals surface area contributed by atoms with E-state index in [1.165, 1.54) is 23.0 Å². The van der Waals surface area contributed by atoms with E-state index in [0.717, 1.165) is 18.2 Å². The molecule has 136 valence electrons. The van der Waals surface area contributed by atoms with Crippen LogP contribution < -0.4 is 4.74 Å². The molecule has 0 fully saturated rings. The number of aromatic nitrogens is 2. The third-order valence-electron chi connectivity index (χ3n) is 3.52. The van der Waals surface area contributed by atoms with Gasteiger partial charge in [-0.15, -0.1) is 13.2 Å². The Kier molecular flexibility index (Phi) is 4.49. The third-order valence-corrected chi connectivity index (χ3v) is 3.81. The zero-order valence-corrected chi connectivity index (χ0v) is 13.5. The molecule has 10 heteroatoms. The molecule has 0 radical (unpaired) electrons. The molecule has 0 aliphatic rings. The zero-order chi connectivity index (χ0) is 19.1. The van der Waals surface area contributed by atoms with Crippen molar-refractivity contribution in [3.63, 3.8) is 0 Å². The topological polar surface area (TPSA) is 64.3 Å². The van der Waals surface area contributed by atoms with Crippen molar-refractivity contribution in [1.29, 1.82) is 0 Å². The molecule has 0 saturated carbocycles. The van der Waals surface area contributed by atoms with Crippen LogP contribution in [-0.2, 0) is 6.54 Å². The number of ether oxygens (including phenoxy) is 1. The number of benzene rings is 2. The Morgan fingerprint density at radius 3 is 2.62 bits per heavy atom. The van der Waals surface area contributed by atoms with Crippen molar-refractivity contribution < 1.29 is 32.2 Å². The van der Waals surface area contributed by atoms with E-state index >= 15 is 0 Å². The van der Waals surface area contributed by atoms with Crippen LogP contribution >= 0.6 is 11.6 Å². The summed E-state index contributed by atoms with van der Waals surface area (Å²) in [6.07, 6.45) is -3.49. The first-order valence-corrected chi connectivity index (χ1v) is 7.44. The summed E-state index contributed by atoms with van der Waals surface area (Å²) in [7, 11) is 0. The van der Waals surface area contributed by atoms with E-state index in [1.807, 2.05) is 0 Å². The van der Waals surface area contributed by atoms with Crippen molar-refractivity contribution >= 4 is 28.5 Å². The van der Waals surface area contributed by atoms with E-state index < -0.39 is 29.5 Å². The van der Waals surface area contributed by atoms with Gasteiger partial charge in [-0.2, -0.15) is 5.10 Å². The molecule has 0 aliphatic heterocycles. The van der Waals surface area contributed by atoms with Crippen LogP contribution in [0.3, 0.4) is 0 Å². The maximum Gasteiger partial charge on any atom is 0.573 e. The summed E-state index contributed by atoms with van der Waals surface area (Å²) in [5, 5.41) is 13.1. The Bertz CT molecular complexity index is 1000. The summed E-state index contributed by atoms with van der Waals surface area (Å²) in [5.41, 5.74) is 0.352. The number of hydrogen-bond donors (Lipinski definition) is 1. The molecule has 3 aromatic rings. The van der Waals surface area contributed by atoms with Crippen LogP contribution in [0.15, 0.2) is 36.5 Å². The fourth-order valence-corrected chi connectivity index (χ4v) is 2.66.